The van der Waals surface area contributed by atoms with Crippen molar-refractivity contribution in [3.63, 3.8) is 0 Å². The van der Waals surface area contributed by atoms with Gasteiger partial charge < -0.3 is 0 Å². The van der Waals surface area contributed by atoms with Gasteiger partial charge in [-0.1, -0.05) is 53.8 Å². The van der Waals surface area contributed by atoms with Crippen molar-refractivity contribution in [2.75, 3.05) is 0 Å². The van der Waals surface area contributed by atoms with Gasteiger partial charge in [0.2, 0.25) is 5.13 Å². The zero-order chi connectivity index (χ0) is 15.4. The number of nitrogens with zero attached hydrogens (tertiary/aromatic N) is 3. The Morgan fingerprint density at radius 3 is 2.64 bits per heavy atom. The first-order valence-corrected chi connectivity index (χ1v) is 7.89. The van der Waals surface area contributed by atoms with Gasteiger partial charge >= 0.3 is 0 Å². The Hall–Kier alpha value is -2.40. The molecule has 5 heteroatoms. The Morgan fingerprint density at radius 1 is 1.14 bits per heavy atom. The molecular formula is C17H15N3OS. The molecule has 1 aromatic heterocycles. The Bertz CT molecular complexity index is 778. The maximum Gasteiger partial charge on any atom is 0.230 e. The summed E-state index contributed by atoms with van der Waals surface area (Å²) < 4.78 is 1.09. The van der Waals surface area contributed by atoms with Crippen LogP contribution < -0.4 is 0 Å². The molecule has 0 saturated carbocycles. The average Bonchev–Trinajstić information content (AvgIpc) is 2.96. The van der Waals surface area contributed by atoms with Crippen molar-refractivity contribution in [1.82, 2.24) is 4.98 Å². The normalized spacial score (nSPS) is 12.8. The van der Waals surface area contributed by atoms with E-state index in [4.69, 9.17) is 0 Å². The van der Waals surface area contributed by atoms with Crippen LogP contribution in [0.15, 0.2) is 64.8 Å². The van der Waals surface area contributed by atoms with E-state index in [0.29, 0.717) is 17.1 Å². The van der Waals surface area contributed by atoms with Crippen molar-refractivity contribution < 1.29 is 4.79 Å². The van der Waals surface area contributed by atoms with Gasteiger partial charge in [-0.2, -0.15) is 5.11 Å². The molecule has 4 nitrogen and oxygen atoms in total. The summed E-state index contributed by atoms with van der Waals surface area (Å²) in [7, 11) is 0. The lowest BCUT2D eigenvalue weighted by Crippen LogP contribution is -2.07. The van der Waals surface area contributed by atoms with Crippen molar-refractivity contribution >= 4 is 32.5 Å². The van der Waals surface area contributed by atoms with Gasteiger partial charge in [-0.05, 0) is 19.1 Å². The average molecular weight is 309 g/mol. The highest BCUT2D eigenvalue weighted by molar-refractivity contribution is 7.21. The summed E-state index contributed by atoms with van der Waals surface area (Å²) in [6, 6.07) is 17.0. The lowest BCUT2D eigenvalue weighted by Gasteiger charge is -2.03. The van der Waals surface area contributed by atoms with E-state index in [-0.39, 0.29) is 11.8 Å². The number of ketones is 1. The van der Waals surface area contributed by atoms with Crippen molar-refractivity contribution in [3.8, 4) is 0 Å². The number of rotatable bonds is 5. The molecule has 0 fully saturated rings. The number of para-hydroxylation sites is 1. The third-order valence-electron chi connectivity index (χ3n) is 3.20. The second kappa shape index (κ2) is 6.58. The molecule has 0 saturated heterocycles. The topological polar surface area (TPSA) is 54.7 Å². The van der Waals surface area contributed by atoms with Gasteiger partial charge in [-0.3, -0.25) is 4.79 Å². The maximum absolute atomic E-state index is 12.1. The monoisotopic (exact) mass is 309 g/mol. The van der Waals surface area contributed by atoms with E-state index in [1.165, 1.54) is 11.3 Å². The minimum absolute atomic E-state index is 0.0800. The van der Waals surface area contributed by atoms with Crippen LogP contribution in [-0.4, -0.2) is 16.8 Å². The zero-order valence-electron chi connectivity index (χ0n) is 12.1. The van der Waals surface area contributed by atoms with E-state index < -0.39 is 0 Å². The number of aromatic nitrogens is 1. The van der Waals surface area contributed by atoms with Crippen LogP contribution in [-0.2, 0) is 0 Å². The molecule has 0 spiro atoms. The molecule has 2 aromatic carbocycles. The van der Waals surface area contributed by atoms with Crippen LogP contribution in [0.4, 0.5) is 5.13 Å². The molecule has 110 valence electrons. The molecule has 0 N–H and O–H groups in total. The smallest absolute Gasteiger partial charge is 0.230 e. The first-order valence-electron chi connectivity index (χ1n) is 7.07. The molecule has 1 unspecified atom stereocenters. The highest BCUT2D eigenvalue weighted by Gasteiger charge is 2.10. The number of hydrogen-bond donors (Lipinski definition) is 0. The molecule has 0 aliphatic rings. The van der Waals surface area contributed by atoms with E-state index in [1.807, 2.05) is 61.5 Å². The predicted molar refractivity (Wildman–Crippen MR) is 89.0 cm³/mol. The largest absolute Gasteiger partial charge is 0.294 e. The standard InChI is InChI=1S/C17H15N3OS/c1-12(11-15(21)13-7-3-2-4-8-13)19-20-17-18-14-9-5-6-10-16(14)22-17/h2-10,12H,11H2,1H3. The van der Waals surface area contributed by atoms with Crippen LogP contribution in [0.2, 0.25) is 0 Å². The van der Waals surface area contributed by atoms with Crippen LogP contribution in [0.1, 0.15) is 23.7 Å². The molecule has 3 aromatic rings. The third-order valence-corrected chi connectivity index (χ3v) is 4.12. The summed E-state index contributed by atoms with van der Waals surface area (Å²) in [6.07, 6.45) is 0.346. The summed E-state index contributed by atoms with van der Waals surface area (Å²) in [6.45, 7) is 1.89. The maximum atomic E-state index is 12.1. The Kier molecular flexibility index (Phi) is 4.34. The van der Waals surface area contributed by atoms with Gasteiger partial charge in [0, 0.05) is 12.0 Å². The predicted octanol–water partition coefficient (Wildman–Crippen LogP) is 5.04. The molecule has 3 rings (SSSR count). The fourth-order valence-corrected chi connectivity index (χ4v) is 2.90. The van der Waals surface area contributed by atoms with Crippen LogP contribution in [0, 0.1) is 0 Å². The number of thiazole rings is 1. The lowest BCUT2D eigenvalue weighted by atomic mass is 10.1. The summed E-state index contributed by atoms with van der Waals surface area (Å²) in [4.78, 5) is 16.5. The van der Waals surface area contributed by atoms with Gasteiger partial charge in [-0.25, -0.2) is 4.98 Å². The number of azo groups is 1. The van der Waals surface area contributed by atoms with Crippen LogP contribution in [0.3, 0.4) is 0 Å². The van der Waals surface area contributed by atoms with E-state index in [2.05, 4.69) is 15.2 Å². The van der Waals surface area contributed by atoms with Crippen molar-refractivity contribution in [3.05, 3.63) is 60.2 Å². The third kappa shape index (κ3) is 3.43. The molecule has 0 amide bonds. The first-order chi connectivity index (χ1) is 10.7. The van der Waals surface area contributed by atoms with Gasteiger partial charge in [0.15, 0.2) is 5.78 Å². The zero-order valence-corrected chi connectivity index (χ0v) is 13.0. The fourth-order valence-electron chi connectivity index (χ4n) is 2.10. The van der Waals surface area contributed by atoms with Crippen LogP contribution in [0.5, 0.6) is 0 Å². The van der Waals surface area contributed by atoms with Crippen LogP contribution in [0.25, 0.3) is 10.2 Å². The van der Waals surface area contributed by atoms with E-state index in [0.717, 1.165) is 10.2 Å². The van der Waals surface area contributed by atoms with E-state index in [1.54, 1.807) is 0 Å². The van der Waals surface area contributed by atoms with Gasteiger partial charge in [0.25, 0.3) is 0 Å². The molecule has 1 atom stereocenters. The van der Waals surface area contributed by atoms with E-state index in [9.17, 15) is 4.79 Å². The summed E-state index contributed by atoms with van der Waals surface area (Å²) in [5.74, 6) is 0.0800. The number of fused-ring (bicyclic) bond motifs is 1. The van der Waals surface area contributed by atoms with Gasteiger partial charge in [0.05, 0.1) is 16.3 Å². The van der Waals surface area contributed by atoms with Gasteiger partial charge in [0.1, 0.15) is 0 Å². The van der Waals surface area contributed by atoms with E-state index >= 15 is 0 Å². The number of hydrogen-bond acceptors (Lipinski definition) is 5. The minimum atomic E-state index is -0.167. The second-order valence-corrected chi connectivity index (χ2v) is 6.03. The fraction of sp³-hybridized carbons (Fsp3) is 0.176. The number of benzene rings is 2. The highest BCUT2D eigenvalue weighted by Crippen LogP contribution is 2.28. The van der Waals surface area contributed by atoms with Crippen molar-refractivity contribution in [1.29, 1.82) is 0 Å². The molecule has 1 heterocycles. The molecule has 0 aliphatic heterocycles. The first kappa shape index (κ1) is 14.5. The number of carbonyl (C=O) groups excluding carboxylic acids is 1. The number of carbonyl (C=O) groups is 1. The Balaban J connectivity index is 1.66. The van der Waals surface area contributed by atoms with Crippen LogP contribution >= 0.6 is 11.3 Å². The number of Topliss-reactive ketones (excluding diaryl/α,β-unsaturated/α-hetero) is 1. The molecule has 0 aliphatic carbocycles. The molecular weight excluding hydrogens is 294 g/mol. The molecule has 0 bridgehead atoms. The SMILES string of the molecule is CC(CC(=O)c1ccccc1)N=Nc1nc2ccccc2s1. The Labute approximate surface area is 132 Å². The summed E-state index contributed by atoms with van der Waals surface area (Å²) >= 11 is 1.50. The van der Waals surface area contributed by atoms with Crippen molar-refractivity contribution in [2.24, 2.45) is 10.2 Å². The minimum Gasteiger partial charge on any atom is -0.294 e. The van der Waals surface area contributed by atoms with Crippen molar-refractivity contribution in [2.45, 2.75) is 19.4 Å². The molecule has 0 radical (unpaired) electrons. The summed E-state index contributed by atoms with van der Waals surface area (Å²) in [5.41, 5.74) is 1.64. The summed E-state index contributed by atoms with van der Waals surface area (Å²) in [5, 5.41) is 9.00. The Morgan fingerprint density at radius 2 is 1.86 bits per heavy atom. The lowest BCUT2D eigenvalue weighted by molar-refractivity contribution is 0.0976. The highest BCUT2D eigenvalue weighted by atomic mass is 32.1. The van der Waals surface area contributed by atoms with Gasteiger partial charge in [-0.15, -0.1) is 5.11 Å². The second-order valence-electron chi connectivity index (χ2n) is 5.02. The molecule has 22 heavy (non-hydrogen) atoms. The quantitative estimate of drug-likeness (QED) is 0.489.